The Hall–Kier alpha value is -3.51. The topological polar surface area (TPSA) is 131 Å². The Bertz CT molecular complexity index is 1400. The molecule has 11 nitrogen and oxygen atoms in total. The zero-order valence-corrected chi connectivity index (χ0v) is 22.5. The molecule has 12 heteroatoms. The Labute approximate surface area is 216 Å². The number of benzene rings is 1. The van der Waals surface area contributed by atoms with Gasteiger partial charge in [-0.3, -0.25) is 9.59 Å². The standard InChI is InChI=1S/C25H33N7O4S/c1-25(2,3)21(24(34)26-4)29-23(33)20-19-16-30(5)12-9-13-31(19)22(28-20)17-14-27-32(15-17)37(35,36)18-10-7-6-8-11-18/h6-8,10-11,14-15,21H,9,12-13,16H2,1-5H3,(H,26,34)(H,29,33). The van der Waals surface area contributed by atoms with Gasteiger partial charge in [-0.2, -0.15) is 17.6 Å². The number of nitrogens with zero attached hydrogens (tertiary/aromatic N) is 5. The highest BCUT2D eigenvalue weighted by molar-refractivity contribution is 7.89. The largest absolute Gasteiger partial charge is 0.357 e. The van der Waals surface area contributed by atoms with E-state index in [2.05, 4.69) is 25.6 Å². The molecule has 4 rings (SSSR count). The van der Waals surface area contributed by atoms with Gasteiger partial charge in [0.1, 0.15) is 11.9 Å². The summed E-state index contributed by atoms with van der Waals surface area (Å²) in [5, 5.41) is 9.59. The van der Waals surface area contributed by atoms with Crippen molar-refractivity contribution in [3.63, 3.8) is 0 Å². The molecule has 0 saturated heterocycles. The van der Waals surface area contributed by atoms with Gasteiger partial charge >= 0.3 is 0 Å². The second-order valence-corrected chi connectivity index (χ2v) is 12.1. The van der Waals surface area contributed by atoms with Crippen molar-refractivity contribution in [3.8, 4) is 11.4 Å². The van der Waals surface area contributed by atoms with Crippen LogP contribution in [0.25, 0.3) is 11.4 Å². The molecule has 0 aliphatic carbocycles. The molecule has 198 valence electrons. The van der Waals surface area contributed by atoms with Gasteiger partial charge in [-0.1, -0.05) is 39.0 Å². The first-order chi connectivity index (χ1) is 17.4. The fourth-order valence-electron chi connectivity index (χ4n) is 4.39. The molecule has 2 amide bonds. The number of rotatable bonds is 6. The number of fused-ring (bicyclic) bond motifs is 1. The van der Waals surface area contributed by atoms with Gasteiger partial charge in [-0.15, -0.1) is 0 Å². The number of carbonyl (C=O) groups is 2. The molecule has 1 unspecified atom stereocenters. The van der Waals surface area contributed by atoms with Gasteiger partial charge in [0, 0.05) is 20.1 Å². The van der Waals surface area contributed by atoms with Crippen LogP contribution < -0.4 is 10.6 Å². The minimum atomic E-state index is -3.88. The van der Waals surface area contributed by atoms with E-state index < -0.39 is 27.4 Å². The molecule has 3 heterocycles. The van der Waals surface area contributed by atoms with Crippen LogP contribution in [0.15, 0.2) is 47.6 Å². The summed E-state index contributed by atoms with van der Waals surface area (Å²) in [7, 11) is -0.380. The lowest BCUT2D eigenvalue weighted by Gasteiger charge is -2.29. The number of hydrogen-bond donors (Lipinski definition) is 2. The SMILES string of the molecule is CNC(=O)C(NC(=O)c1nc(-c2cnn(S(=O)(=O)c3ccccc3)c2)n2c1CN(C)CCC2)C(C)(C)C. The third kappa shape index (κ3) is 5.30. The number of imidazole rings is 1. The molecule has 0 spiro atoms. The summed E-state index contributed by atoms with van der Waals surface area (Å²) >= 11 is 0. The van der Waals surface area contributed by atoms with E-state index in [9.17, 15) is 18.0 Å². The Morgan fingerprint density at radius 1 is 1.11 bits per heavy atom. The van der Waals surface area contributed by atoms with Crippen LogP contribution in [0.2, 0.25) is 0 Å². The number of aromatic nitrogens is 4. The lowest BCUT2D eigenvalue weighted by Crippen LogP contribution is -2.53. The summed E-state index contributed by atoms with van der Waals surface area (Å²) in [4.78, 5) is 32.9. The fourth-order valence-corrected chi connectivity index (χ4v) is 5.54. The first kappa shape index (κ1) is 26.6. The lowest BCUT2D eigenvalue weighted by atomic mass is 9.86. The van der Waals surface area contributed by atoms with Crippen molar-refractivity contribution in [2.24, 2.45) is 5.41 Å². The van der Waals surface area contributed by atoms with Gasteiger partial charge in [-0.05, 0) is 37.6 Å². The van der Waals surface area contributed by atoms with E-state index in [1.54, 1.807) is 18.2 Å². The van der Waals surface area contributed by atoms with Crippen LogP contribution in [0, 0.1) is 5.41 Å². The second-order valence-electron chi connectivity index (χ2n) is 10.3. The predicted octanol–water partition coefficient (Wildman–Crippen LogP) is 1.71. The third-order valence-corrected chi connectivity index (χ3v) is 7.94. The van der Waals surface area contributed by atoms with Crippen LogP contribution >= 0.6 is 0 Å². The molecule has 2 aromatic heterocycles. The van der Waals surface area contributed by atoms with E-state index in [4.69, 9.17) is 0 Å². The van der Waals surface area contributed by atoms with E-state index >= 15 is 0 Å². The number of likely N-dealkylation sites (N-methyl/N-ethyl adjacent to an activating group) is 1. The van der Waals surface area contributed by atoms with Crippen LogP contribution in [0.1, 0.15) is 43.4 Å². The maximum absolute atomic E-state index is 13.5. The van der Waals surface area contributed by atoms with E-state index in [0.29, 0.717) is 30.2 Å². The molecule has 0 bridgehead atoms. The molecular formula is C25H33N7O4S. The van der Waals surface area contributed by atoms with Gasteiger partial charge in [-0.25, -0.2) is 4.98 Å². The summed E-state index contributed by atoms with van der Waals surface area (Å²) in [6.45, 7) is 7.54. The smallest absolute Gasteiger partial charge is 0.282 e. The highest BCUT2D eigenvalue weighted by Gasteiger charge is 2.35. The number of hydrogen-bond acceptors (Lipinski definition) is 7. The Morgan fingerprint density at radius 3 is 2.46 bits per heavy atom. The summed E-state index contributed by atoms with van der Waals surface area (Å²) in [6, 6.07) is 7.29. The van der Waals surface area contributed by atoms with E-state index in [-0.39, 0.29) is 16.5 Å². The Balaban J connectivity index is 1.76. The first-order valence-electron chi connectivity index (χ1n) is 12.1. The molecular weight excluding hydrogens is 494 g/mol. The van der Waals surface area contributed by atoms with E-state index in [0.717, 1.165) is 17.1 Å². The Kier molecular flexibility index (Phi) is 7.24. The molecule has 2 N–H and O–H groups in total. The van der Waals surface area contributed by atoms with Crippen molar-refractivity contribution >= 4 is 21.8 Å². The molecule has 1 aliphatic rings. The normalized spacial score (nSPS) is 15.5. The third-order valence-electron chi connectivity index (χ3n) is 6.38. The number of amides is 2. The van der Waals surface area contributed by atoms with Crippen molar-refractivity contribution < 1.29 is 18.0 Å². The summed E-state index contributed by atoms with van der Waals surface area (Å²) in [6.07, 6.45) is 3.68. The average Bonchev–Trinajstić information content (AvgIpc) is 3.43. The van der Waals surface area contributed by atoms with Gasteiger partial charge in [0.15, 0.2) is 5.69 Å². The van der Waals surface area contributed by atoms with Gasteiger partial charge < -0.3 is 20.1 Å². The summed E-state index contributed by atoms with van der Waals surface area (Å²) < 4.78 is 29.0. The maximum atomic E-state index is 13.5. The fraction of sp³-hybridized carbons (Fsp3) is 0.440. The molecule has 0 saturated carbocycles. The summed E-state index contributed by atoms with van der Waals surface area (Å²) in [5.41, 5.74) is 0.860. The highest BCUT2D eigenvalue weighted by atomic mass is 32.2. The quantitative estimate of drug-likeness (QED) is 0.499. The molecule has 1 aliphatic heterocycles. The van der Waals surface area contributed by atoms with Gasteiger partial charge in [0.05, 0.1) is 28.5 Å². The van der Waals surface area contributed by atoms with E-state index in [1.165, 1.54) is 31.6 Å². The number of nitrogens with one attached hydrogen (secondary N) is 2. The predicted molar refractivity (Wildman–Crippen MR) is 138 cm³/mol. The molecule has 1 aromatic carbocycles. The van der Waals surface area contributed by atoms with Crippen molar-refractivity contribution in [2.75, 3.05) is 20.6 Å². The van der Waals surface area contributed by atoms with Crippen molar-refractivity contribution in [2.45, 2.75) is 51.2 Å². The van der Waals surface area contributed by atoms with Crippen LogP contribution in [0.3, 0.4) is 0 Å². The average molecular weight is 528 g/mol. The zero-order chi connectivity index (χ0) is 27.0. The molecule has 0 fully saturated rings. The van der Waals surface area contributed by atoms with Gasteiger partial charge in [0.25, 0.3) is 15.9 Å². The minimum absolute atomic E-state index is 0.121. The minimum Gasteiger partial charge on any atom is -0.357 e. The van der Waals surface area contributed by atoms with Crippen LogP contribution in [0.5, 0.6) is 0 Å². The molecule has 0 radical (unpaired) electrons. The van der Waals surface area contributed by atoms with Gasteiger partial charge in [0.2, 0.25) is 5.91 Å². The Morgan fingerprint density at radius 2 is 1.81 bits per heavy atom. The zero-order valence-electron chi connectivity index (χ0n) is 21.7. The molecule has 1 atom stereocenters. The van der Waals surface area contributed by atoms with Crippen LogP contribution in [0.4, 0.5) is 0 Å². The van der Waals surface area contributed by atoms with Crippen molar-refractivity contribution in [1.29, 1.82) is 0 Å². The maximum Gasteiger partial charge on any atom is 0.282 e. The molecule has 37 heavy (non-hydrogen) atoms. The van der Waals surface area contributed by atoms with Crippen LogP contribution in [-0.2, 0) is 27.9 Å². The van der Waals surface area contributed by atoms with E-state index in [1.807, 2.05) is 32.4 Å². The first-order valence-corrected chi connectivity index (χ1v) is 13.5. The highest BCUT2D eigenvalue weighted by Crippen LogP contribution is 2.28. The second kappa shape index (κ2) is 10.1. The lowest BCUT2D eigenvalue weighted by molar-refractivity contribution is -0.124. The summed E-state index contributed by atoms with van der Waals surface area (Å²) in [5.74, 6) is -0.300. The monoisotopic (exact) mass is 527 g/mol. The number of carbonyl (C=O) groups excluding carboxylic acids is 2. The van der Waals surface area contributed by atoms with Crippen molar-refractivity contribution in [1.82, 2.24) is 34.3 Å². The molecule has 3 aromatic rings. The van der Waals surface area contributed by atoms with Crippen LogP contribution in [-0.4, -0.2) is 70.6 Å². The van der Waals surface area contributed by atoms with Crippen molar-refractivity contribution in [3.05, 3.63) is 54.1 Å².